The topological polar surface area (TPSA) is 29.5 Å². The Morgan fingerprint density at radius 3 is 2.83 bits per heavy atom. The lowest BCUT2D eigenvalue weighted by Crippen LogP contribution is -2.16. The molecule has 0 radical (unpaired) electrons. The largest absolute Gasteiger partial charge is 0.394 e. The highest BCUT2D eigenvalue weighted by Gasteiger charge is 2.32. The van der Waals surface area contributed by atoms with E-state index < -0.39 is 0 Å². The van der Waals surface area contributed by atoms with E-state index in [1.807, 2.05) is 0 Å². The zero-order valence-corrected chi connectivity index (χ0v) is 9.61. The van der Waals surface area contributed by atoms with Gasteiger partial charge in [0.25, 0.3) is 0 Å². The smallest absolute Gasteiger partial charge is 0.0821 e. The van der Waals surface area contributed by atoms with Crippen molar-refractivity contribution in [2.75, 3.05) is 6.61 Å². The Balaban J connectivity index is 2.57. The van der Waals surface area contributed by atoms with Crippen LogP contribution in [-0.4, -0.2) is 23.9 Å². The molecule has 1 aliphatic rings. The monoisotopic (exact) mass is 282 g/mol. The summed E-state index contributed by atoms with van der Waals surface area (Å²) in [6.07, 6.45) is 1.25. The molecule has 0 aromatic rings. The van der Waals surface area contributed by atoms with Crippen LogP contribution in [0.4, 0.5) is 0 Å². The molecule has 0 unspecified atom stereocenters. The molecule has 0 aromatic heterocycles. The number of halogens is 1. The second-order valence-corrected chi connectivity index (χ2v) is 4.05. The number of aliphatic hydroxyl groups excluding tert-OH is 1. The van der Waals surface area contributed by atoms with E-state index in [2.05, 4.69) is 40.5 Å². The third kappa shape index (κ3) is 2.20. The van der Waals surface area contributed by atoms with E-state index >= 15 is 0 Å². The molecule has 0 aromatic carbocycles. The summed E-state index contributed by atoms with van der Waals surface area (Å²) >= 11 is 2.23. The van der Waals surface area contributed by atoms with Gasteiger partial charge in [-0.15, -0.1) is 0 Å². The number of hydrogen-bond donors (Lipinski definition) is 1. The van der Waals surface area contributed by atoms with Crippen molar-refractivity contribution in [1.29, 1.82) is 0 Å². The Kier molecular flexibility index (Phi) is 3.99. The minimum atomic E-state index is 0.0521. The molecular formula is C9H15IO2. The summed E-state index contributed by atoms with van der Waals surface area (Å²) in [6.45, 7) is 4.40. The quantitative estimate of drug-likeness (QED) is 0.786. The molecule has 3 atom stereocenters. The molecule has 70 valence electrons. The molecule has 1 saturated heterocycles. The van der Waals surface area contributed by atoms with Crippen LogP contribution in [0.25, 0.3) is 0 Å². The second-order valence-electron chi connectivity index (χ2n) is 3.43. The van der Waals surface area contributed by atoms with Crippen LogP contribution in [0.1, 0.15) is 20.3 Å². The lowest BCUT2D eigenvalue weighted by molar-refractivity contribution is 0.0226. The minimum Gasteiger partial charge on any atom is -0.394 e. The molecule has 3 heteroatoms. The fraction of sp³-hybridized carbons (Fsp3) is 0.778. The van der Waals surface area contributed by atoms with Gasteiger partial charge in [-0.25, -0.2) is 0 Å². The van der Waals surface area contributed by atoms with Crippen LogP contribution in [-0.2, 0) is 4.74 Å². The van der Waals surface area contributed by atoms with Crippen molar-refractivity contribution in [2.45, 2.75) is 32.5 Å². The predicted octanol–water partition coefficient (Wildman–Crippen LogP) is 2.11. The van der Waals surface area contributed by atoms with Gasteiger partial charge in [-0.05, 0) is 28.9 Å². The summed E-state index contributed by atoms with van der Waals surface area (Å²) in [4.78, 5) is 0. The molecular weight excluding hydrogens is 267 g/mol. The molecule has 0 bridgehead atoms. The molecule has 0 amide bonds. The molecule has 1 heterocycles. The molecule has 1 rings (SSSR count). The normalized spacial score (nSPS) is 37.3. The summed E-state index contributed by atoms with van der Waals surface area (Å²) in [5.74, 6) is 0.535. The molecule has 12 heavy (non-hydrogen) atoms. The molecule has 0 saturated carbocycles. The fourth-order valence-corrected chi connectivity index (χ4v) is 2.03. The van der Waals surface area contributed by atoms with E-state index in [9.17, 15) is 0 Å². The Morgan fingerprint density at radius 2 is 2.42 bits per heavy atom. The highest BCUT2D eigenvalue weighted by molar-refractivity contribution is 14.1. The molecule has 1 fully saturated rings. The molecule has 0 aliphatic carbocycles. The lowest BCUT2D eigenvalue weighted by Gasteiger charge is -2.14. The Labute approximate surface area is 87.1 Å². The number of hydrogen-bond acceptors (Lipinski definition) is 2. The van der Waals surface area contributed by atoms with Gasteiger partial charge in [0.05, 0.1) is 18.8 Å². The van der Waals surface area contributed by atoms with Gasteiger partial charge in [0.2, 0.25) is 0 Å². The predicted molar refractivity (Wildman–Crippen MR) is 57.3 cm³/mol. The van der Waals surface area contributed by atoms with E-state index in [1.54, 1.807) is 0 Å². The number of aliphatic hydroxyl groups is 1. The first kappa shape index (κ1) is 10.5. The average Bonchev–Trinajstić information content (AvgIpc) is 2.45. The van der Waals surface area contributed by atoms with Crippen molar-refractivity contribution in [3.05, 3.63) is 9.66 Å². The van der Waals surface area contributed by atoms with E-state index in [0.29, 0.717) is 5.92 Å². The second kappa shape index (κ2) is 4.58. The summed E-state index contributed by atoms with van der Waals surface area (Å²) in [6, 6.07) is 0. The van der Waals surface area contributed by atoms with Crippen LogP contribution in [0.15, 0.2) is 9.66 Å². The summed E-state index contributed by atoms with van der Waals surface area (Å²) in [5, 5.41) is 8.91. The van der Waals surface area contributed by atoms with Gasteiger partial charge in [0.15, 0.2) is 0 Å². The van der Waals surface area contributed by atoms with E-state index in [0.717, 1.165) is 6.42 Å². The zero-order chi connectivity index (χ0) is 9.14. The van der Waals surface area contributed by atoms with Crippen LogP contribution < -0.4 is 0 Å². The zero-order valence-electron chi connectivity index (χ0n) is 7.46. The summed E-state index contributed by atoms with van der Waals surface area (Å²) < 4.78 is 7.71. The Bertz CT molecular complexity index is 179. The first-order chi connectivity index (χ1) is 5.69. The van der Waals surface area contributed by atoms with Crippen molar-refractivity contribution in [2.24, 2.45) is 5.92 Å². The van der Waals surface area contributed by atoms with Crippen LogP contribution >= 0.6 is 22.6 Å². The van der Waals surface area contributed by atoms with Gasteiger partial charge in [-0.3, -0.25) is 0 Å². The minimum absolute atomic E-state index is 0.0521. The standard InChI is InChI=1S/C9H15IO2/c1-6-3-8(5-11)12-9(6)7(2)4-10/h4,6,8-9,11H,3,5H2,1-2H3/b7-4+/t6-,8+,9-/m1/s1. The van der Waals surface area contributed by atoms with E-state index in [1.165, 1.54) is 5.57 Å². The first-order valence-electron chi connectivity index (χ1n) is 4.22. The first-order valence-corrected chi connectivity index (χ1v) is 5.46. The summed E-state index contributed by atoms with van der Waals surface area (Å²) in [7, 11) is 0. The highest BCUT2D eigenvalue weighted by atomic mass is 127. The third-order valence-electron chi connectivity index (χ3n) is 2.32. The van der Waals surface area contributed by atoms with Crippen molar-refractivity contribution in [1.82, 2.24) is 0 Å². The van der Waals surface area contributed by atoms with Gasteiger partial charge in [-0.2, -0.15) is 0 Å². The fourth-order valence-electron chi connectivity index (χ4n) is 1.67. The maximum Gasteiger partial charge on any atom is 0.0821 e. The van der Waals surface area contributed by atoms with Crippen molar-refractivity contribution >= 4 is 22.6 Å². The maximum absolute atomic E-state index is 8.91. The van der Waals surface area contributed by atoms with Crippen molar-refractivity contribution in [3.63, 3.8) is 0 Å². The van der Waals surface area contributed by atoms with Gasteiger partial charge in [0.1, 0.15) is 0 Å². The van der Waals surface area contributed by atoms with Gasteiger partial charge in [-0.1, -0.05) is 29.5 Å². The van der Waals surface area contributed by atoms with Crippen molar-refractivity contribution in [3.8, 4) is 0 Å². The van der Waals surface area contributed by atoms with Crippen LogP contribution in [0.2, 0.25) is 0 Å². The molecule has 2 nitrogen and oxygen atoms in total. The Morgan fingerprint density at radius 1 is 1.75 bits per heavy atom. The SMILES string of the molecule is C/C(=C\I)[C@@H]1O[C@H](CO)C[C@H]1C. The van der Waals surface area contributed by atoms with E-state index in [-0.39, 0.29) is 18.8 Å². The number of ether oxygens (including phenoxy) is 1. The summed E-state index contributed by atoms with van der Waals surface area (Å²) in [5.41, 5.74) is 1.26. The maximum atomic E-state index is 8.91. The molecule has 1 aliphatic heterocycles. The van der Waals surface area contributed by atoms with E-state index in [4.69, 9.17) is 9.84 Å². The van der Waals surface area contributed by atoms with Crippen molar-refractivity contribution < 1.29 is 9.84 Å². The third-order valence-corrected chi connectivity index (χ3v) is 3.30. The Hall–Kier alpha value is 0.390. The van der Waals surface area contributed by atoms with Crippen LogP contribution in [0.5, 0.6) is 0 Å². The van der Waals surface area contributed by atoms with Crippen LogP contribution in [0, 0.1) is 5.92 Å². The molecule has 0 spiro atoms. The average molecular weight is 282 g/mol. The highest BCUT2D eigenvalue weighted by Crippen LogP contribution is 2.30. The van der Waals surface area contributed by atoms with Gasteiger partial charge >= 0.3 is 0 Å². The van der Waals surface area contributed by atoms with Gasteiger partial charge < -0.3 is 9.84 Å². The lowest BCUT2D eigenvalue weighted by atomic mass is 9.98. The van der Waals surface area contributed by atoms with Crippen LogP contribution in [0.3, 0.4) is 0 Å². The number of rotatable bonds is 2. The molecule has 1 N–H and O–H groups in total. The van der Waals surface area contributed by atoms with Gasteiger partial charge in [0, 0.05) is 0 Å².